The first kappa shape index (κ1) is 22.1. The third-order valence-electron chi connectivity index (χ3n) is 4.31. The number of phenols is 1. The average Bonchev–Trinajstić information content (AvgIpc) is 2.60. The van der Waals surface area contributed by atoms with Gasteiger partial charge in [0.05, 0.1) is 18.5 Å². The summed E-state index contributed by atoms with van der Waals surface area (Å²) in [5, 5.41) is 22.8. The number of aldehydes is 1. The molecular formula is C18H25N3O6. The molecule has 0 radical (unpaired) electrons. The molecule has 1 rings (SSSR count). The molecule has 0 aliphatic carbocycles. The highest BCUT2D eigenvalue weighted by atomic mass is 16.4. The Kier molecular flexibility index (Phi) is 7.47. The fourth-order valence-corrected chi connectivity index (χ4v) is 2.40. The summed E-state index contributed by atoms with van der Waals surface area (Å²) >= 11 is 0. The number of hydrogen-bond donors (Lipinski definition) is 5. The molecule has 0 aromatic heterocycles. The van der Waals surface area contributed by atoms with Gasteiger partial charge in [0.15, 0.2) is 0 Å². The van der Waals surface area contributed by atoms with Gasteiger partial charge in [-0.3, -0.25) is 14.4 Å². The number of carboxylic acid groups (broad SMARTS) is 1. The Labute approximate surface area is 156 Å². The largest absolute Gasteiger partial charge is 0.508 e. The van der Waals surface area contributed by atoms with Gasteiger partial charge >= 0.3 is 5.97 Å². The minimum Gasteiger partial charge on any atom is -0.508 e. The molecule has 9 heteroatoms. The summed E-state index contributed by atoms with van der Waals surface area (Å²) in [5.74, 6) is -2.43. The zero-order valence-corrected chi connectivity index (χ0v) is 15.4. The van der Waals surface area contributed by atoms with E-state index in [4.69, 9.17) is 10.8 Å². The lowest BCUT2D eigenvalue weighted by Gasteiger charge is -2.32. The molecule has 9 nitrogen and oxygen atoms in total. The van der Waals surface area contributed by atoms with Crippen molar-refractivity contribution in [3.05, 3.63) is 29.8 Å². The molecule has 0 saturated heterocycles. The quantitative estimate of drug-likeness (QED) is 0.367. The minimum absolute atomic E-state index is 0.0870. The molecule has 3 atom stereocenters. The van der Waals surface area contributed by atoms with Crippen molar-refractivity contribution in [2.45, 2.75) is 50.7 Å². The van der Waals surface area contributed by atoms with E-state index >= 15 is 0 Å². The standard InChI is InChI=1S/C18H25N3O6/c1-10(16(26)21-12(9-22)8-14(24)25)20-17(27)15(19)18(2,3)11-4-6-13(23)7-5-11/h4-7,9-10,12,15,23H,8,19H2,1-3H3,(H,20,27)(H,21,26)(H,24,25)/t10-,12?,15+/m0/s1. The Balaban J connectivity index is 2.75. The number of rotatable bonds is 9. The van der Waals surface area contributed by atoms with Gasteiger partial charge in [-0.1, -0.05) is 26.0 Å². The van der Waals surface area contributed by atoms with E-state index in [0.717, 1.165) is 5.56 Å². The summed E-state index contributed by atoms with van der Waals surface area (Å²) in [5.41, 5.74) is 6.00. The highest BCUT2D eigenvalue weighted by Crippen LogP contribution is 2.27. The zero-order valence-electron chi connectivity index (χ0n) is 15.4. The maximum Gasteiger partial charge on any atom is 0.305 e. The van der Waals surface area contributed by atoms with E-state index in [0.29, 0.717) is 6.29 Å². The van der Waals surface area contributed by atoms with Crippen LogP contribution >= 0.6 is 0 Å². The normalized spacial score (nSPS) is 14.5. The second kappa shape index (κ2) is 9.13. The molecule has 1 unspecified atom stereocenters. The number of nitrogens with one attached hydrogen (secondary N) is 2. The number of aliphatic carboxylic acids is 1. The SMILES string of the molecule is C[C@H](NC(=O)[C@@H](N)C(C)(C)c1ccc(O)cc1)C(=O)NC(C=O)CC(=O)O. The molecule has 148 valence electrons. The van der Waals surface area contributed by atoms with Crippen molar-refractivity contribution < 1.29 is 29.4 Å². The van der Waals surface area contributed by atoms with Crippen LogP contribution in [0.15, 0.2) is 24.3 Å². The molecule has 0 heterocycles. The smallest absolute Gasteiger partial charge is 0.305 e. The van der Waals surface area contributed by atoms with Gasteiger partial charge < -0.3 is 31.4 Å². The van der Waals surface area contributed by atoms with Crippen LogP contribution in [0, 0.1) is 0 Å². The lowest BCUT2D eigenvalue weighted by atomic mass is 9.77. The summed E-state index contributed by atoms with van der Waals surface area (Å²) in [6.45, 7) is 4.91. The highest BCUT2D eigenvalue weighted by Gasteiger charge is 2.35. The lowest BCUT2D eigenvalue weighted by molar-refractivity contribution is -0.139. The van der Waals surface area contributed by atoms with Crippen LogP contribution in [0.4, 0.5) is 0 Å². The molecule has 0 spiro atoms. The molecule has 6 N–H and O–H groups in total. The van der Waals surface area contributed by atoms with Gasteiger partial charge in [0, 0.05) is 5.41 Å². The highest BCUT2D eigenvalue weighted by molar-refractivity contribution is 5.91. The van der Waals surface area contributed by atoms with Gasteiger partial charge in [-0.15, -0.1) is 0 Å². The van der Waals surface area contributed by atoms with E-state index < -0.39 is 47.7 Å². The summed E-state index contributed by atoms with van der Waals surface area (Å²) in [7, 11) is 0. The van der Waals surface area contributed by atoms with Crippen molar-refractivity contribution in [3.8, 4) is 5.75 Å². The monoisotopic (exact) mass is 379 g/mol. The van der Waals surface area contributed by atoms with Gasteiger partial charge in [0.1, 0.15) is 18.1 Å². The van der Waals surface area contributed by atoms with Crippen molar-refractivity contribution in [1.29, 1.82) is 0 Å². The molecule has 1 aromatic carbocycles. The van der Waals surface area contributed by atoms with E-state index in [1.54, 1.807) is 26.0 Å². The summed E-state index contributed by atoms with van der Waals surface area (Å²) in [6.07, 6.45) is -0.233. The van der Waals surface area contributed by atoms with Crippen LogP contribution in [0.1, 0.15) is 32.8 Å². The molecule has 0 fully saturated rings. The average molecular weight is 379 g/mol. The molecule has 0 saturated carbocycles. The summed E-state index contributed by atoms with van der Waals surface area (Å²) < 4.78 is 0. The summed E-state index contributed by atoms with van der Waals surface area (Å²) in [6, 6.07) is 3.07. The van der Waals surface area contributed by atoms with E-state index in [1.165, 1.54) is 19.1 Å². The first-order valence-corrected chi connectivity index (χ1v) is 8.32. The Morgan fingerprint density at radius 3 is 2.19 bits per heavy atom. The van der Waals surface area contributed by atoms with Crippen LogP contribution in [0.3, 0.4) is 0 Å². The third-order valence-corrected chi connectivity index (χ3v) is 4.31. The molecule has 0 aliphatic rings. The van der Waals surface area contributed by atoms with Crippen LogP contribution in [0.2, 0.25) is 0 Å². The number of phenolic OH excluding ortho intramolecular Hbond substituents is 1. The van der Waals surface area contributed by atoms with E-state index in [1.807, 2.05) is 0 Å². The van der Waals surface area contributed by atoms with E-state index in [2.05, 4.69) is 10.6 Å². The van der Waals surface area contributed by atoms with Crippen molar-refractivity contribution >= 4 is 24.1 Å². The number of carbonyl (C=O) groups is 4. The maximum absolute atomic E-state index is 12.4. The van der Waals surface area contributed by atoms with Crippen molar-refractivity contribution in [2.24, 2.45) is 5.73 Å². The Morgan fingerprint density at radius 1 is 1.15 bits per heavy atom. The zero-order chi connectivity index (χ0) is 20.8. The summed E-state index contributed by atoms with van der Waals surface area (Å²) in [4.78, 5) is 46.0. The van der Waals surface area contributed by atoms with Crippen molar-refractivity contribution in [1.82, 2.24) is 10.6 Å². The van der Waals surface area contributed by atoms with Gasteiger partial charge in [-0.25, -0.2) is 0 Å². The topological polar surface area (TPSA) is 159 Å². The number of amides is 2. The van der Waals surface area contributed by atoms with Crippen LogP contribution < -0.4 is 16.4 Å². The number of aromatic hydroxyl groups is 1. The molecule has 27 heavy (non-hydrogen) atoms. The number of carbonyl (C=O) groups excluding carboxylic acids is 3. The minimum atomic E-state index is -1.23. The molecule has 2 amide bonds. The first-order valence-electron chi connectivity index (χ1n) is 8.32. The second-order valence-electron chi connectivity index (χ2n) is 6.83. The molecule has 1 aromatic rings. The first-order chi connectivity index (χ1) is 12.5. The fraction of sp³-hybridized carbons (Fsp3) is 0.444. The maximum atomic E-state index is 12.4. The molecule has 0 aliphatic heterocycles. The number of benzene rings is 1. The van der Waals surface area contributed by atoms with Crippen LogP contribution in [0.25, 0.3) is 0 Å². The van der Waals surface area contributed by atoms with Gasteiger partial charge in [0.25, 0.3) is 0 Å². The fourth-order valence-electron chi connectivity index (χ4n) is 2.40. The van der Waals surface area contributed by atoms with E-state index in [-0.39, 0.29) is 5.75 Å². The number of hydrogen-bond acceptors (Lipinski definition) is 6. The van der Waals surface area contributed by atoms with Crippen molar-refractivity contribution in [3.63, 3.8) is 0 Å². The Morgan fingerprint density at radius 2 is 1.70 bits per heavy atom. The molecular weight excluding hydrogens is 354 g/mol. The van der Waals surface area contributed by atoms with Gasteiger partial charge in [-0.05, 0) is 24.6 Å². The van der Waals surface area contributed by atoms with Gasteiger partial charge in [-0.2, -0.15) is 0 Å². The second-order valence-corrected chi connectivity index (χ2v) is 6.83. The van der Waals surface area contributed by atoms with E-state index in [9.17, 15) is 24.3 Å². The number of nitrogens with two attached hydrogens (primary N) is 1. The van der Waals surface area contributed by atoms with Gasteiger partial charge in [0.2, 0.25) is 11.8 Å². The van der Waals surface area contributed by atoms with Crippen LogP contribution in [0.5, 0.6) is 5.75 Å². The molecule has 0 bridgehead atoms. The predicted molar refractivity (Wildman–Crippen MR) is 97.0 cm³/mol. The predicted octanol–water partition coefficient (Wildman–Crippen LogP) is -0.340. The Bertz CT molecular complexity index is 702. The number of carboxylic acids is 1. The van der Waals surface area contributed by atoms with Crippen molar-refractivity contribution in [2.75, 3.05) is 0 Å². The Hall–Kier alpha value is -2.94. The van der Waals surface area contributed by atoms with Crippen LogP contribution in [-0.2, 0) is 24.6 Å². The third kappa shape index (κ3) is 6.07. The van der Waals surface area contributed by atoms with Crippen LogP contribution in [-0.4, -0.2) is 52.4 Å². The lowest BCUT2D eigenvalue weighted by Crippen LogP contribution is -2.57.